The summed E-state index contributed by atoms with van der Waals surface area (Å²) >= 11 is 0. The van der Waals surface area contributed by atoms with Crippen LogP contribution in [0.15, 0.2) is 12.7 Å². The van der Waals surface area contributed by atoms with Crippen LogP contribution < -0.4 is 5.32 Å². The van der Waals surface area contributed by atoms with Crippen molar-refractivity contribution in [2.24, 2.45) is 7.05 Å². The van der Waals surface area contributed by atoms with E-state index in [4.69, 9.17) is 0 Å². The Bertz CT molecular complexity index is 585. The summed E-state index contributed by atoms with van der Waals surface area (Å²) in [5.41, 5.74) is 1.50. The SMILES string of the molecule is Cn1cnc2c(NC3CC[C@@H](O)[C@@H](O)C3)ncnc21. The van der Waals surface area contributed by atoms with Gasteiger partial charge in [-0.3, -0.25) is 0 Å². The van der Waals surface area contributed by atoms with Crippen LogP contribution in [0, 0.1) is 0 Å². The van der Waals surface area contributed by atoms with Crippen LogP contribution in [-0.4, -0.2) is 48.0 Å². The predicted octanol–water partition coefficient (Wildman–Crippen LogP) is 0.0495. The molecule has 0 spiro atoms. The normalized spacial score (nSPS) is 27.6. The number of nitrogens with zero attached hydrogens (tertiary/aromatic N) is 4. The summed E-state index contributed by atoms with van der Waals surface area (Å²) in [5, 5.41) is 22.5. The van der Waals surface area contributed by atoms with E-state index in [1.807, 2.05) is 11.6 Å². The van der Waals surface area contributed by atoms with Crippen molar-refractivity contribution in [3.05, 3.63) is 12.7 Å². The van der Waals surface area contributed by atoms with Crippen molar-refractivity contribution in [2.45, 2.75) is 37.5 Å². The molecule has 3 N–H and O–H groups in total. The van der Waals surface area contributed by atoms with Crippen molar-refractivity contribution in [1.29, 1.82) is 0 Å². The highest BCUT2D eigenvalue weighted by Crippen LogP contribution is 2.24. The zero-order chi connectivity index (χ0) is 13.4. The number of nitrogens with one attached hydrogen (secondary N) is 1. The van der Waals surface area contributed by atoms with E-state index in [2.05, 4.69) is 20.3 Å². The maximum atomic E-state index is 9.70. The van der Waals surface area contributed by atoms with Gasteiger partial charge in [0, 0.05) is 13.1 Å². The number of anilines is 1. The Morgan fingerprint density at radius 3 is 2.84 bits per heavy atom. The number of aliphatic hydroxyl groups excluding tert-OH is 2. The van der Waals surface area contributed by atoms with Crippen LogP contribution in [0.2, 0.25) is 0 Å². The zero-order valence-electron chi connectivity index (χ0n) is 10.7. The van der Waals surface area contributed by atoms with Crippen LogP contribution in [0.4, 0.5) is 5.82 Å². The van der Waals surface area contributed by atoms with Crippen molar-refractivity contribution in [3.63, 3.8) is 0 Å². The molecule has 2 aromatic rings. The van der Waals surface area contributed by atoms with Gasteiger partial charge in [0.15, 0.2) is 11.5 Å². The van der Waals surface area contributed by atoms with Gasteiger partial charge < -0.3 is 20.1 Å². The summed E-state index contributed by atoms with van der Waals surface area (Å²) in [6, 6.07) is 0.0958. The maximum absolute atomic E-state index is 9.70. The molecule has 3 rings (SSSR count). The van der Waals surface area contributed by atoms with E-state index < -0.39 is 12.2 Å². The largest absolute Gasteiger partial charge is 0.390 e. The summed E-state index contributed by atoms with van der Waals surface area (Å²) in [7, 11) is 1.88. The molecule has 0 radical (unpaired) electrons. The van der Waals surface area contributed by atoms with Gasteiger partial charge in [0.1, 0.15) is 11.8 Å². The van der Waals surface area contributed by atoms with Crippen molar-refractivity contribution >= 4 is 17.0 Å². The van der Waals surface area contributed by atoms with Gasteiger partial charge in [-0.2, -0.15) is 0 Å². The molecule has 0 aromatic carbocycles. The molecule has 19 heavy (non-hydrogen) atoms. The number of aryl methyl sites for hydroxylation is 1. The number of hydrogen-bond acceptors (Lipinski definition) is 6. The fourth-order valence-corrected chi connectivity index (χ4v) is 2.51. The fraction of sp³-hybridized carbons (Fsp3) is 0.583. The Morgan fingerprint density at radius 1 is 1.21 bits per heavy atom. The second-order valence-electron chi connectivity index (χ2n) is 5.04. The maximum Gasteiger partial charge on any atom is 0.165 e. The molecule has 0 bridgehead atoms. The first-order valence-electron chi connectivity index (χ1n) is 6.40. The molecule has 1 aliphatic carbocycles. The highest BCUT2D eigenvalue weighted by molar-refractivity contribution is 5.82. The highest BCUT2D eigenvalue weighted by atomic mass is 16.3. The second kappa shape index (κ2) is 4.75. The average Bonchev–Trinajstić information content (AvgIpc) is 2.77. The van der Waals surface area contributed by atoms with Gasteiger partial charge in [0.25, 0.3) is 0 Å². The first-order valence-corrected chi connectivity index (χ1v) is 6.40. The summed E-state index contributed by atoms with van der Waals surface area (Å²) < 4.78 is 1.83. The fourth-order valence-electron chi connectivity index (χ4n) is 2.51. The van der Waals surface area contributed by atoms with Crippen LogP contribution in [0.5, 0.6) is 0 Å². The first-order chi connectivity index (χ1) is 9.15. The third-order valence-electron chi connectivity index (χ3n) is 3.62. The predicted molar refractivity (Wildman–Crippen MR) is 69.6 cm³/mol. The lowest BCUT2D eigenvalue weighted by atomic mass is 9.90. The molecule has 2 aromatic heterocycles. The zero-order valence-corrected chi connectivity index (χ0v) is 10.7. The lowest BCUT2D eigenvalue weighted by molar-refractivity contribution is -0.0120. The molecule has 102 valence electrons. The van der Waals surface area contributed by atoms with Gasteiger partial charge >= 0.3 is 0 Å². The minimum Gasteiger partial charge on any atom is -0.390 e. The van der Waals surface area contributed by atoms with Gasteiger partial charge in [0.2, 0.25) is 0 Å². The Morgan fingerprint density at radius 2 is 2.05 bits per heavy atom. The van der Waals surface area contributed by atoms with Gasteiger partial charge in [-0.25, -0.2) is 15.0 Å². The number of imidazole rings is 1. The Balaban J connectivity index is 1.82. The van der Waals surface area contributed by atoms with Crippen LogP contribution in [0.1, 0.15) is 19.3 Å². The van der Waals surface area contributed by atoms with Crippen LogP contribution >= 0.6 is 0 Å². The quantitative estimate of drug-likeness (QED) is 0.708. The molecule has 1 aliphatic rings. The lowest BCUT2D eigenvalue weighted by Gasteiger charge is -2.30. The summed E-state index contributed by atoms with van der Waals surface area (Å²) in [5.74, 6) is 0.680. The molecular formula is C12H17N5O2. The highest BCUT2D eigenvalue weighted by Gasteiger charge is 2.28. The van der Waals surface area contributed by atoms with Gasteiger partial charge in [-0.15, -0.1) is 0 Å². The Hall–Kier alpha value is -1.73. The number of hydrogen-bond donors (Lipinski definition) is 3. The molecule has 1 fully saturated rings. The molecule has 0 aliphatic heterocycles. The molecule has 7 nitrogen and oxygen atoms in total. The van der Waals surface area contributed by atoms with Crippen LogP contribution in [0.3, 0.4) is 0 Å². The smallest absolute Gasteiger partial charge is 0.165 e. The average molecular weight is 263 g/mol. The first kappa shape index (κ1) is 12.3. The van der Waals surface area contributed by atoms with Gasteiger partial charge in [0.05, 0.1) is 18.5 Å². The van der Waals surface area contributed by atoms with Gasteiger partial charge in [-0.1, -0.05) is 0 Å². The Kier molecular flexibility index (Phi) is 3.08. The summed E-state index contributed by atoms with van der Waals surface area (Å²) in [4.78, 5) is 12.7. The topological polar surface area (TPSA) is 96.1 Å². The lowest BCUT2D eigenvalue weighted by Crippen LogP contribution is -2.39. The van der Waals surface area contributed by atoms with E-state index in [9.17, 15) is 10.2 Å². The molecule has 1 unspecified atom stereocenters. The van der Waals surface area contributed by atoms with E-state index >= 15 is 0 Å². The van der Waals surface area contributed by atoms with E-state index in [1.54, 1.807) is 6.33 Å². The van der Waals surface area contributed by atoms with Crippen LogP contribution in [-0.2, 0) is 7.05 Å². The molecule has 2 heterocycles. The molecule has 3 atom stereocenters. The minimum absolute atomic E-state index is 0.0958. The summed E-state index contributed by atoms with van der Waals surface area (Å²) in [6.45, 7) is 0. The van der Waals surface area contributed by atoms with Crippen LogP contribution in [0.25, 0.3) is 11.2 Å². The molecule has 7 heteroatoms. The second-order valence-corrected chi connectivity index (χ2v) is 5.04. The number of rotatable bonds is 2. The third-order valence-corrected chi connectivity index (χ3v) is 3.62. The molecular weight excluding hydrogens is 246 g/mol. The van der Waals surface area contributed by atoms with E-state index in [-0.39, 0.29) is 6.04 Å². The summed E-state index contributed by atoms with van der Waals surface area (Å²) in [6.07, 6.45) is 3.82. The number of fused-ring (bicyclic) bond motifs is 1. The Labute approximate surface area is 110 Å². The number of aliphatic hydroxyl groups is 2. The molecule has 0 amide bonds. The molecule has 1 saturated carbocycles. The third kappa shape index (κ3) is 2.26. The van der Waals surface area contributed by atoms with E-state index in [0.29, 0.717) is 18.7 Å². The molecule has 0 saturated heterocycles. The monoisotopic (exact) mass is 263 g/mol. The van der Waals surface area contributed by atoms with Crippen molar-refractivity contribution < 1.29 is 10.2 Å². The minimum atomic E-state index is -0.674. The van der Waals surface area contributed by atoms with E-state index in [1.165, 1.54) is 6.33 Å². The van der Waals surface area contributed by atoms with Gasteiger partial charge in [-0.05, 0) is 19.3 Å². The van der Waals surface area contributed by atoms with Crippen molar-refractivity contribution in [2.75, 3.05) is 5.32 Å². The number of aromatic nitrogens is 4. The standard InChI is InChI=1S/C12H17N5O2/c1-17-6-15-10-11(13-5-14-12(10)17)16-7-2-3-8(18)9(19)4-7/h5-9,18-19H,2-4H2,1H3,(H,13,14,16)/t7?,8-,9+/m1/s1. The van der Waals surface area contributed by atoms with Crippen molar-refractivity contribution in [1.82, 2.24) is 19.5 Å². The van der Waals surface area contributed by atoms with Crippen molar-refractivity contribution in [3.8, 4) is 0 Å². The van der Waals surface area contributed by atoms with E-state index in [0.717, 1.165) is 17.6 Å².